The molecule has 0 aromatic heterocycles. The van der Waals surface area contributed by atoms with E-state index in [1.807, 2.05) is 12.1 Å². The van der Waals surface area contributed by atoms with Crippen molar-refractivity contribution in [1.82, 2.24) is 4.31 Å². The van der Waals surface area contributed by atoms with Crippen LogP contribution in [-0.2, 0) is 14.8 Å². The predicted octanol–water partition coefficient (Wildman–Crippen LogP) is 4.14. The van der Waals surface area contributed by atoms with Crippen LogP contribution in [0.4, 0.5) is 5.69 Å². The minimum Gasteiger partial charge on any atom is -0.379 e. The van der Waals surface area contributed by atoms with Crippen LogP contribution in [0.15, 0.2) is 59.5 Å². The summed E-state index contributed by atoms with van der Waals surface area (Å²) in [5.74, 6) is 0.852. The van der Waals surface area contributed by atoms with Crippen LogP contribution in [0.5, 0.6) is 0 Å². The summed E-state index contributed by atoms with van der Waals surface area (Å²) in [5.41, 5.74) is 3.67. The van der Waals surface area contributed by atoms with Crippen LogP contribution in [0.1, 0.15) is 29.5 Å². The number of benzene rings is 2. The highest BCUT2D eigenvalue weighted by molar-refractivity contribution is 14.1. The zero-order chi connectivity index (χ0) is 20.0. The van der Waals surface area contributed by atoms with E-state index in [9.17, 15) is 8.42 Å². The first-order chi connectivity index (χ1) is 14.0. The van der Waals surface area contributed by atoms with Gasteiger partial charge in [0.25, 0.3) is 0 Å². The van der Waals surface area contributed by atoms with Crippen LogP contribution in [0.25, 0.3) is 0 Å². The van der Waals surface area contributed by atoms with E-state index in [1.54, 1.807) is 12.1 Å². The number of allylic oxidation sites excluding steroid dienone is 2. The second-order valence-corrected chi connectivity index (χ2v) is 11.0. The fourth-order valence-corrected chi connectivity index (χ4v) is 6.60. The van der Waals surface area contributed by atoms with Gasteiger partial charge in [-0.2, -0.15) is 4.31 Å². The molecule has 1 N–H and O–H groups in total. The Labute approximate surface area is 185 Å². The number of fused-ring (bicyclic) bond motifs is 3. The summed E-state index contributed by atoms with van der Waals surface area (Å²) < 4.78 is 33.8. The summed E-state index contributed by atoms with van der Waals surface area (Å²) in [6.07, 6.45) is 5.63. The van der Waals surface area contributed by atoms with Gasteiger partial charge < -0.3 is 10.1 Å². The maximum atomic E-state index is 12.9. The molecule has 2 aromatic carbocycles. The van der Waals surface area contributed by atoms with Crippen molar-refractivity contribution in [1.29, 1.82) is 0 Å². The Kier molecular flexibility index (Phi) is 5.18. The van der Waals surface area contributed by atoms with Crippen molar-refractivity contribution in [3.63, 3.8) is 0 Å². The van der Waals surface area contributed by atoms with E-state index in [2.05, 4.69) is 58.3 Å². The number of morpholine rings is 1. The molecule has 5 rings (SSSR count). The number of sulfonamides is 1. The number of halogens is 1. The average molecular weight is 522 g/mol. The van der Waals surface area contributed by atoms with Gasteiger partial charge in [-0.15, -0.1) is 0 Å². The van der Waals surface area contributed by atoms with Crippen molar-refractivity contribution >= 4 is 38.3 Å². The van der Waals surface area contributed by atoms with Crippen LogP contribution in [0.2, 0.25) is 0 Å². The van der Waals surface area contributed by atoms with E-state index in [0.29, 0.717) is 43.0 Å². The highest BCUT2D eigenvalue weighted by Crippen LogP contribution is 2.50. The van der Waals surface area contributed by atoms with E-state index in [-0.39, 0.29) is 6.04 Å². The maximum absolute atomic E-state index is 12.9. The quantitative estimate of drug-likeness (QED) is 0.487. The van der Waals surface area contributed by atoms with Crippen molar-refractivity contribution in [3.8, 4) is 0 Å². The summed E-state index contributed by atoms with van der Waals surface area (Å²) in [6, 6.07) is 14.2. The molecule has 0 amide bonds. The zero-order valence-corrected chi connectivity index (χ0v) is 18.9. The topological polar surface area (TPSA) is 58.6 Å². The summed E-state index contributed by atoms with van der Waals surface area (Å²) in [7, 11) is -3.46. The monoisotopic (exact) mass is 522 g/mol. The third kappa shape index (κ3) is 3.52. The molecule has 7 heteroatoms. The highest BCUT2D eigenvalue weighted by Gasteiger charge is 2.38. The average Bonchev–Trinajstić information content (AvgIpc) is 3.24. The molecule has 0 bridgehead atoms. The molecule has 29 heavy (non-hydrogen) atoms. The van der Waals surface area contributed by atoms with Crippen molar-refractivity contribution in [2.45, 2.75) is 23.3 Å². The number of anilines is 1. The van der Waals surface area contributed by atoms with Gasteiger partial charge in [0, 0.05) is 28.3 Å². The number of nitrogens with zero attached hydrogens (tertiary/aromatic N) is 1. The molecule has 3 atom stereocenters. The van der Waals surface area contributed by atoms with Crippen LogP contribution in [0, 0.1) is 9.49 Å². The van der Waals surface area contributed by atoms with E-state index < -0.39 is 10.0 Å². The molecular formula is C22H23IN2O3S. The van der Waals surface area contributed by atoms with Crippen molar-refractivity contribution in [2.24, 2.45) is 5.92 Å². The van der Waals surface area contributed by atoms with Gasteiger partial charge in [-0.05, 0) is 76.4 Å². The fraction of sp³-hybridized carbons (Fsp3) is 0.364. The molecule has 2 aromatic rings. The Morgan fingerprint density at radius 3 is 2.59 bits per heavy atom. The summed E-state index contributed by atoms with van der Waals surface area (Å²) in [4.78, 5) is 0.356. The molecule has 3 aliphatic rings. The Morgan fingerprint density at radius 2 is 1.83 bits per heavy atom. The highest BCUT2D eigenvalue weighted by atomic mass is 127. The largest absolute Gasteiger partial charge is 0.379 e. The lowest BCUT2D eigenvalue weighted by Crippen LogP contribution is -2.40. The molecule has 1 saturated heterocycles. The molecule has 2 aliphatic heterocycles. The lowest BCUT2D eigenvalue weighted by molar-refractivity contribution is 0.0730. The third-order valence-corrected chi connectivity index (χ3v) is 8.76. The number of hydrogen-bond donors (Lipinski definition) is 1. The summed E-state index contributed by atoms with van der Waals surface area (Å²) >= 11 is 2.37. The first-order valence-electron chi connectivity index (χ1n) is 9.94. The van der Waals surface area contributed by atoms with Crippen molar-refractivity contribution < 1.29 is 13.2 Å². The van der Waals surface area contributed by atoms with E-state index in [1.165, 1.54) is 19.1 Å². The minimum absolute atomic E-state index is 0.169. The molecule has 0 unspecified atom stereocenters. The van der Waals surface area contributed by atoms with Gasteiger partial charge in [0.1, 0.15) is 0 Å². The van der Waals surface area contributed by atoms with Gasteiger partial charge in [-0.25, -0.2) is 8.42 Å². The predicted molar refractivity (Wildman–Crippen MR) is 122 cm³/mol. The second kappa shape index (κ2) is 7.68. The van der Waals surface area contributed by atoms with Crippen molar-refractivity contribution in [3.05, 3.63) is 69.3 Å². The Morgan fingerprint density at radius 1 is 1.07 bits per heavy atom. The smallest absolute Gasteiger partial charge is 0.243 e. The Hall–Kier alpha value is -1.42. The van der Waals surface area contributed by atoms with Crippen molar-refractivity contribution in [2.75, 3.05) is 31.6 Å². The van der Waals surface area contributed by atoms with Gasteiger partial charge in [0.15, 0.2) is 0 Å². The van der Waals surface area contributed by atoms with Gasteiger partial charge in [-0.3, -0.25) is 0 Å². The molecular weight excluding hydrogens is 499 g/mol. The standard InChI is InChI=1S/C22H23IN2O3S/c23-16-6-9-21-20(14-16)18-2-1-3-19(18)22(24-21)15-4-7-17(8-5-15)29(26,27)25-10-12-28-13-11-25/h1-2,4-9,14,18-19,22,24H,3,10-13H2/t18-,19+,22+/m1/s1. The fourth-order valence-electron chi connectivity index (χ4n) is 4.68. The zero-order valence-electron chi connectivity index (χ0n) is 15.9. The van der Waals surface area contributed by atoms with E-state index in [4.69, 9.17) is 4.74 Å². The van der Waals surface area contributed by atoms with Crippen LogP contribution < -0.4 is 5.32 Å². The van der Waals surface area contributed by atoms with Crippen LogP contribution in [0.3, 0.4) is 0 Å². The first-order valence-corrected chi connectivity index (χ1v) is 12.5. The molecule has 0 saturated carbocycles. The summed E-state index contributed by atoms with van der Waals surface area (Å²) in [5, 5.41) is 3.71. The summed E-state index contributed by atoms with van der Waals surface area (Å²) in [6.45, 7) is 1.74. The number of nitrogens with one attached hydrogen (secondary N) is 1. The minimum atomic E-state index is -3.46. The van der Waals surface area contributed by atoms with E-state index in [0.717, 1.165) is 12.0 Å². The number of ether oxygens (including phenoxy) is 1. The lowest BCUT2D eigenvalue weighted by atomic mass is 9.77. The Balaban J connectivity index is 1.44. The SMILES string of the molecule is O=S(=O)(c1ccc([C@@H]2Nc3ccc(I)cc3[C@@H]3C=CC[C@@H]32)cc1)N1CCOCC1. The molecule has 0 radical (unpaired) electrons. The molecule has 1 fully saturated rings. The molecule has 0 spiro atoms. The second-order valence-electron chi connectivity index (χ2n) is 7.79. The third-order valence-electron chi connectivity index (χ3n) is 6.17. The first kappa shape index (κ1) is 19.5. The molecule has 2 heterocycles. The molecule has 1 aliphatic carbocycles. The Bertz CT molecular complexity index is 1050. The maximum Gasteiger partial charge on any atom is 0.243 e. The normalized spacial score (nSPS) is 26.6. The van der Waals surface area contributed by atoms with Gasteiger partial charge in [0.2, 0.25) is 10.0 Å². The number of rotatable bonds is 3. The molecule has 5 nitrogen and oxygen atoms in total. The van der Waals surface area contributed by atoms with E-state index >= 15 is 0 Å². The van der Waals surface area contributed by atoms with Crippen LogP contribution >= 0.6 is 22.6 Å². The van der Waals surface area contributed by atoms with Gasteiger partial charge >= 0.3 is 0 Å². The van der Waals surface area contributed by atoms with Gasteiger partial charge in [-0.1, -0.05) is 24.3 Å². The van der Waals surface area contributed by atoms with Crippen LogP contribution in [-0.4, -0.2) is 39.0 Å². The lowest BCUT2D eigenvalue weighted by Gasteiger charge is -2.37. The molecule has 152 valence electrons. The number of hydrogen-bond acceptors (Lipinski definition) is 4. The van der Waals surface area contributed by atoms with Gasteiger partial charge in [0.05, 0.1) is 24.2 Å².